The smallest absolute Gasteiger partial charge is 0.218 e. The van der Waals surface area contributed by atoms with E-state index in [-0.39, 0.29) is 5.60 Å². The average Bonchev–Trinajstić information content (AvgIpc) is 3.17. The van der Waals surface area contributed by atoms with Gasteiger partial charge in [0, 0.05) is 12.0 Å². The summed E-state index contributed by atoms with van der Waals surface area (Å²) >= 11 is 0. The predicted octanol–water partition coefficient (Wildman–Crippen LogP) is 1.83. The summed E-state index contributed by atoms with van der Waals surface area (Å²) in [7, 11) is 0. The molecular weight excluding hydrogens is 244 g/mol. The molecule has 0 amide bonds. The van der Waals surface area contributed by atoms with Gasteiger partial charge in [-0.25, -0.2) is 10.8 Å². The zero-order chi connectivity index (χ0) is 13.9. The van der Waals surface area contributed by atoms with Crippen molar-refractivity contribution in [2.45, 2.75) is 45.1 Å². The first-order chi connectivity index (χ1) is 8.98. The van der Waals surface area contributed by atoms with Crippen molar-refractivity contribution in [3.63, 3.8) is 0 Å². The van der Waals surface area contributed by atoms with Gasteiger partial charge >= 0.3 is 0 Å². The lowest BCUT2D eigenvalue weighted by atomic mass is 10.2. The highest BCUT2D eigenvalue weighted by atomic mass is 16.5. The van der Waals surface area contributed by atoms with Gasteiger partial charge in [0.2, 0.25) is 5.88 Å². The Balaban J connectivity index is 1.90. The summed E-state index contributed by atoms with van der Waals surface area (Å²) in [4.78, 5) is 8.72. The molecule has 0 radical (unpaired) electrons. The fourth-order valence-electron chi connectivity index (χ4n) is 1.61. The number of nitrogens with zero attached hydrogens (tertiary/aromatic N) is 2. The molecule has 0 aliphatic heterocycles. The van der Waals surface area contributed by atoms with E-state index in [1.807, 2.05) is 20.8 Å². The molecule has 1 aromatic rings. The van der Waals surface area contributed by atoms with Crippen LogP contribution in [-0.2, 0) is 4.74 Å². The Morgan fingerprint density at radius 2 is 2.05 bits per heavy atom. The molecule has 1 heterocycles. The maximum absolute atomic E-state index is 5.59. The lowest BCUT2D eigenvalue weighted by Crippen LogP contribution is -2.22. The van der Waals surface area contributed by atoms with Gasteiger partial charge in [0.15, 0.2) is 0 Å². The van der Waals surface area contributed by atoms with Crippen molar-refractivity contribution < 1.29 is 9.47 Å². The number of nitrogens with two attached hydrogens (primary N) is 1. The molecule has 106 valence electrons. The van der Waals surface area contributed by atoms with Crippen LogP contribution in [0.25, 0.3) is 0 Å². The molecule has 1 aliphatic rings. The van der Waals surface area contributed by atoms with Crippen molar-refractivity contribution in [1.29, 1.82) is 0 Å². The number of hydrogen-bond acceptors (Lipinski definition) is 6. The van der Waals surface area contributed by atoms with Gasteiger partial charge < -0.3 is 14.9 Å². The quantitative estimate of drug-likeness (QED) is 0.464. The molecule has 2 rings (SSSR count). The second-order valence-corrected chi connectivity index (χ2v) is 5.68. The second-order valence-electron chi connectivity index (χ2n) is 5.68. The zero-order valence-electron chi connectivity index (χ0n) is 11.8. The molecule has 0 atom stereocenters. The Labute approximate surface area is 113 Å². The van der Waals surface area contributed by atoms with E-state index in [0.717, 1.165) is 18.7 Å². The lowest BCUT2D eigenvalue weighted by Gasteiger charge is -2.19. The summed E-state index contributed by atoms with van der Waals surface area (Å²) in [6, 6.07) is 1.70. The average molecular weight is 266 g/mol. The second kappa shape index (κ2) is 5.71. The molecule has 6 heteroatoms. The van der Waals surface area contributed by atoms with Crippen molar-refractivity contribution >= 4 is 5.82 Å². The molecule has 0 unspecified atom stereocenters. The molecule has 19 heavy (non-hydrogen) atoms. The lowest BCUT2D eigenvalue weighted by molar-refractivity contribution is -0.0168. The van der Waals surface area contributed by atoms with Crippen molar-refractivity contribution in [3.05, 3.63) is 11.9 Å². The van der Waals surface area contributed by atoms with Gasteiger partial charge in [-0.1, -0.05) is 0 Å². The highest BCUT2D eigenvalue weighted by Crippen LogP contribution is 2.38. The van der Waals surface area contributed by atoms with Gasteiger partial charge in [-0.05, 0) is 33.6 Å². The van der Waals surface area contributed by atoms with E-state index in [2.05, 4.69) is 15.4 Å². The predicted molar refractivity (Wildman–Crippen MR) is 73.0 cm³/mol. The molecule has 1 fully saturated rings. The van der Waals surface area contributed by atoms with E-state index < -0.39 is 0 Å². The van der Waals surface area contributed by atoms with Crippen molar-refractivity contribution in [1.82, 2.24) is 9.97 Å². The maximum atomic E-state index is 5.59. The monoisotopic (exact) mass is 266 g/mol. The standard InChI is InChI=1S/C13H22N4O2/c1-13(2,3)19-7-6-18-11-8-10(17-14)15-12(16-11)9-4-5-9/h8-9H,4-7,14H2,1-3H3,(H,15,16,17). The van der Waals surface area contributed by atoms with E-state index >= 15 is 0 Å². The fourth-order valence-corrected chi connectivity index (χ4v) is 1.61. The van der Waals surface area contributed by atoms with Crippen LogP contribution in [0.1, 0.15) is 45.4 Å². The van der Waals surface area contributed by atoms with Gasteiger partial charge in [0.1, 0.15) is 18.2 Å². The minimum atomic E-state index is -0.155. The number of nitrogens with one attached hydrogen (secondary N) is 1. The number of hydrogen-bond donors (Lipinski definition) is 2. The van der Waals surface area contributed by atoms with Gasteiger partial charge in [-0.15, -0.1) is 0 Å². The Hall–Kier alpha value is -1.40. The van der Waals surface area contributed by atoms with Crippen LogP contribution < -0.4 is 16.0 Å². The molecule has 3 N–H and O–H groups in total. The van der Waals surface area contributed by atoms with E-state index in [1.54, 1.807) is 6.07 Å². The summed E-state index contributed by atoms with van der Waals surface area (Å²) in [5.41, 5.74) is 2.39. The molecule has 1 aromatic heterocycles. The van der Waals surface area contributed by atoms with Gasteiger partial charge in [0.05, 0.1) is 12.2 Å². The van der Waals surface area contributed by atoms with Crippen LogP contribution >= 0.6 is 0 Å². The molecular formula is C13H22N4O2. The largest absolute Gasteiger partial charge is 0.475 e. The minimum Gasteiger partial charge on any atom is -0.475 e. The van der Waals surface area contributed by atoms with Crippen molar-refractivity contribution in [3.8, 4) is 5.88 Å². The number of ether oxygens (including phenoxy) is 2. The van der Waals surface area contributed by atoms with E-state index in [1.165, 1.54) is 0 Å². The first-order valence-corrected chi connectivity index (χ1v) is 6.60. The molecule has 1 aliphatic carbocycles. The first kappa shape index (κ1) is 14.0. The number of anilines is 1. The normalized spacial score (nSPS) is 15.4. The summed E-state index contributed by atoms with van der Waals surface area (Å²) in [5.74, 6) is 7.80. The minimum absolute atomic E-state index is 0.155. The molecule has 0 bridgehead atoms. The number of aromatic nitrogens is 2. The highest BCUT2D eigenvalue weighted by molar-refractivity contribution is 5.38. The molecule has 0 saturated heterocycles. The summed E-state index contributed by atoms with van der Waals surface area (Å²) in [6.07, 6.45) is 2.28. The van der Waals surface area contributed by atoms with Crippen molar-refractivity contribution in [2.75, 3.05) is 18.6 Å². The van der Waals surface area contributed by atoms with Gasteiger partial charge in [-0.3, -0.25) is 0 Å². The van der Waals surface area contributed by atoms with Crippen LogP contribution in [0.4, 0.5) is 5.82 Å². The molecule has 1 saturated carbocycles. The highest BCUT2D eigenvalue weighted by Gasteiger charge is 2.27. The van der Waals surface area contributed by atoms with E-state index in [9.17, 15) is 0 Å². The summed E-state index contributed by atoms with van der Waals surface area (Å²) < 4.78 is 11.2. The van der Waals surface area contributed by atoms with Crippen LogP contribution in [0.2, 0.25) is 0 Å². The number of rotatable bonds is 6. The van der Waals surface area contributed by atoms with Crippen molar-refractivity contribution in [2.24, 2.45) is 5.84 Å². The summed E-state index contributed by atoms with van der Waals surface area (Å²) in [6.45, 7) is 7.03. The van der Waals surface area contributed by atoms with Crippen LogP contribution in [0.15, 0.2) is 6.07 Å². The zero-order valence-corrected chi connectivity index (χ0v) is 11.8. The van der Waals surface area contributed by atoms with Crippen LogP contribution in [0, 0.1) is 0 Å². The third-order valence-electron chi connectivity index (χ3n) is 2.68. The Kier molecular flexibility index (Phi) is 4.21. The molecule has 0 aromatic carbocycles. The maximum Gasteiger partial charge on any atom is 0.218 e. The summed E-state index contributed by atoms with van der Waals surface area (Å²) in [5, 5.41) is 0. The Morgan fingerprint density at radius 3 is 2.63 bits per heavy atom. The van der Waals surface area contributed by atoms with Gasteiger partial charge in [-0.2, -0.15) is 4.98 Å². The van der Waals surface area contributed by atoms with E-state index in [4.69, 9.17) is 15.3 Å². The van der Waals surface area contributed by atoms with Crippen LogP contribution in [0.5, 0.6) is 5.88 Å². The fraction of sp³-hybridized carbons (Fsp3) is 0.692. The third kappa shape index (κ3) is 4.65. The van der Waals surface area contributed by atoms with E-state index in [0.29, 0.717) is 30.8 Å². The topological polar surface area (TPSA) is 82.3 Å². The van der Waals surface area contributed by atoms with Crippen LogP contribution in [-0.4, -0.2) is 28.8 Å². The molecule has 6 nitrogen and oxygen atoms in total. The van der Waals surface area contributed by atoms with Gasteiger partial charge in [0.25, 0.3) is 0 Å². The number of hydrazine groups is 1. The van der Waals surface area contributed by atoms with Crippen LogP contribution in [0.3, 0.4) is 0 Å². The molecule has 0 spiro atoms. The number of nitrogen functional groups attached to an aromatic ring is 1. The SMILES string of the molecule is CC(C)(C)OCCOc1cc(NN)nc(C2CC2)n1. The Morgan fingerprint density at radius 1 is 1.32 bits per heavy atom. The first-order valence-electron chi connectivity index (χ1n) is 6.60. The third-order valence-corrected chi connectivity index (χ3v) is 2.68. The Bertz CT molecular complexity index is 427.